The van der Waals surface area contributed by atoms with Gasteiger partial charge in [-0.15, -0.1) is 0 Å². The summed E-state index contributed by atoms with van der Waals surface area (Å²) in [5, 5.41) is -6.54. The Balaban J connectivity index is 2.26. The Morgan fingerprint density at radius 3 is 0.745 bits per heavy atom. The van der Waals surface area contributed by atoms with Crippen LogP contribution in [-0.2, 0) is 0 Å². The molecule has 1 unspecified atom stereocenters. The number of halogens is 68. The summed E-state index contributed by atoms with van der Waals surface area (Å²) < 4.78 is 981. The maximum atomic E-state index is 15.9. The van der Waals surface area contributed by atoms with Crippen molar-refractivity contribution < 1.29 is 299 Å². The first-order valence-electron chi connectivity index (χ1n) is 36.7. The first-order chi connectivity index (χ1) is 60.6. The molecule has 0 radical (unpaired) electrons. The third kappa shape index (κ3) is 18.1. The number of fused-ring (bicyclic) bond motifs is 2. The first-order valence-corrected chi connectivity index (χ1v) is 49.5. The second-order valence-corrected chi connectivity index (χ2v) is 53.7. The molecule has 0 bridgehead atoms. The van der Waals surface area contributed by atoms with Crippen molar-refractivity contribution in [3.63, 3.8) is 0 Å². The number of allylic oxidation sites excluding steroid dienone is 1. The van der Waals surface area contributed by atoms with E-state index in [1.807, 2.05) is 0 Å². The lowest BCUT2D eigenvalue weighted by atomic mass is 9.80. The first kappa shape index (κ1) is 127. The van der Waals surface area contributed by atoms with Crippen molar-refractivity contribution in [2.24, 2.45) is 5.73 Å². The molecule has 4 rings (SSSR count). The van der Waals surface area contributed by atoms with E-state index in [-0.39, 0.29) is 18.2 Å². The minimum absolute atomic E-state index is 0.214. The normalized spacial score (nSPS) is 17.7. The van der Waals surface area contributed by atoms with E-state index in [0.29, 0.717) is 88.8 Å². The fourth-order valence-corrected chi connectivity index (χ4v) is 24.2. The van der Waals surface area contributed by atoms with Crippen LogP contribution in [0, 0.1) is 0 Å². The second-order valence-electron chi connectivity index (χ2n) is 34.5. The molecule has 0 amide bonds. The molecule has 822 valence electrons. The number of nitrogens with two attached hydrogens (primary N) is 1. The van der Waals surface area contributed by atoms with Gasteiger partial charge in [0.2, 0.25) is 0 Å². The van der Waals surface area contributed by atoms with Crippen LogP contribution in [0.25, 0.3) is 16.0 Å². The number of benzene rings is 3. The van der Waals surface area contributed by atoms with Crippen LogP contribution in [0.4, 0.5) is 299 Å². The van der Waals surface area contributed by atoms with E-state index in [1.165, 1.54) is 0 Å². The second kappa shape index (κ2) is 34.9. The molecule has 1 aliphatic rings. The topological polar surface area (TPSA) is 26.0 Å². The summed E-state index contributed by atoms with van der Waals surface area (Å²) in [4.78, 5) is 0. The van der Waals surface area contributed by atoms with Crippen LogP contribution in [-0.4, -0.2) is 229 Å². The van der Waals surface area contributed by atoms with E-state index >= 15 is 105 Å². The molecule has 0 saturated heterocycles. The third-order valence-corrected chi connectivity index (χ3v) is 36.8. The Labute approximate surface area is 743 Å². The van der Waals surface area contributed by atoms with Gasteiger partial charge in [-0.05, 0) is 58.1 Å². The van der Waals surface area contributed by atoms with Crippen molar-refractivity contribution in [3.8, 4) is 0 Å². The van der Waals surface area contributed by atoms with Crippen molar-refractivity contribution in [1.82, 2.24) is 0 Å². The number of rotatable bonds is 41. The minimum atomic E-state index is -9.33. The Morgan fingerprint density at radius 2 is 0.468 bits per heavy atom. The number of hydrogen-bond donors (Lipinski definition) is 1. The predicted molar refractivity (Wildman–Crippen MR) is 357 cm³/mol. The van der Waals surface area contributed by atoms with Crippen LogP contribution < -0.4 is 21.3 Å². The monoisotopic (exact) mass is 2290 g/mol. The van der Waals surface area contributed by atoms with Gasteiger partial charge in [0.25, 0.3) is 0 Å². The predicted octanol–water partition coefficient (Wildman–Crippen LogP) is 30.3. The summed E-state index contributed by atoms with van der Waals surface area (Å²) in [6.07, 6.45) is -44.4. The zero-order valence-corrected chi connectivity index (χ0v) is 72.8. The fraction of sp³-hybridized carbons (Fsp3) is 0.735. The van der Waals surface area contributed by atoms with Crippen molar-refractivity contribution in [2.75, 3.05) is 0 Å². The molecule has 2 N–H and O–H groups in total. The van der Waals surface area contributed by atoms with Crippen LogP contribution in [0.15, 0.2) is 54.6 Å². The summed E-state index contributed by atoms with van der Waals surface area (Å²) >= 11 is 0. The highest BCUT2D eigenvalue weighted by Crippen LogP contribution is 2.72. The van der Waals surface area contributed by atoms with E-state index < -0.39 is 333 Å². The van der Waals surface area contributed by atoms with Gasteiger partial charge in [0.05, 0.1) is 38.3 Å². The molecule has 0 aromatic heterocycles. The molecule has 3 aromatic carbocycles. The van der Waals surface area contributed by atoms with Crippen LogP contribution in [0.2, 0.25) is 76.6 Å². The summed E-state index contributed by atoms with van der Waals surface area (Å²) in [7, 11) is -20.9. The van der Waals surface area contributed by atoms with E-state index in [2.05, 4.69) is 0 Å². The van der Waals surface area contributed by atoms with Crippen LogP contribution >= 0.6 is 0 Å². The van der Waals surface area contributed by atoms with Gasteiger partial charge in [-0.1, -0.05) is 128 Å². The standard InChI is InChI=1S/C68H53F68NSi4/c1-138(2,20-17-37(69,70)41(77,78)45(85,86)49(93,94)53(101,102)57(109,110)61(117,118)65(125,126)127)26-9-11-30-28(13-15-34(32(30)23-26)139(3,4)21-18-38(71,72)42(79,80)46(87,88)50(95,96)54(103,104)58(111,112)62(119,120)66(128,129)130)29-14-16-35(140(5,6)22-19-39(73,74)43(81,82)47(89,90)51(97,98)55(105,106)59(113,114)63(121,122)67(131,132)133)33-24-27(10-12-31(29)33)141(7,8)25-36(137)40(75,76)44(83,84)48(91,92)52(99,100)56(107,108)60(115,116)64(123,124)68(134,135)136/h9-13,15-16,23-24,29,36H,14,17-22,25,137H2,1-8H3/t29?,36-/m0/s1. The quantitative estimate of drug-likeness (QED) is 0.0445. The molecule has 0 fully saturated rings. The molecule has 0 heterocycles. The Kier molecular flexibility index (Phi) is 31.5. The van der Waals surface area contributed by atoms with Crippen molar-refractivity contribution >= 4 is 63.8 Å². The lowest BCUT2D eigenvalue weighted by Crippen LogP contribution is -2.75. The van der Waals surface area contributed by atoms with Gasteiger partial charge in [0.15, 0.2) is 0 Å². The van der Waals surface area contributed by atoms with E-state index in [9.17, 15) is 193 Å². The van der Waals surface area contributed by atoms with Gasteiger partial charge in [0.1, 0.15) is 0 Å². The molecular weight excluding hydrogens is 2230 g/mol. The lowest BCUT2D eigenvalue weighted by Gasteiger charge is -2.44. The van der Waals surface area contributed by atoms with Gasteiger partial charge in [-0.3, -0.25) is 0 Å². The van der Waals surface area contributed by atoms with Crippen LogP contribution in [0.5, 0.6) is 0 Å². The molecule has 2 atom stereocenters. The lowest BCUT2D eigenvalue weighted by molar-refractivity contribution is -0.462. The summed E-state index contributed by atoms with van der Waals surface area (Å²) in [5.41, 5.74) is 1.99. The average molecular weight is 2290 g/mol. The third-order valence-electron chi connectivity index (χ3n) is 23.2. The Morgan fingerprint density at radius 1 is 0.241 bits per heavy atom. The molecule has 1 nitrogen and oxygen atoms in total. The zero-order valence-electron chi connectivity index (χ0n) is 68.8. The SMILES string of the molecule is C[Si](C)(CCC(F)(F)C(F)(F)C(F)(F)C(F)(F)C(F)(F)C(F)(F)C(F)(F)C(F)(F)F)C1=CCC(c2ccc([Si](C)(C)CCC(F)(F)C(F)(F)C(F)(F)C(F)(F)C(F)(F)C(F)(F)C(F)(F)C(F)(F)F)c3cc([Si](C)(C)CCC(F)(F)C(F)(F)C(F)(F)C(F)(F)C(F)(F)C(F)(F)C(F)(F)C(F)(F)F)ccc23)c2ccc([Si](C)(C)C[C@H](N)C(F)(F)C(F)(F)C(F)(F)C(F)(F)C(F)(F)C(F)(F)C(F)(F)C(F)(F)F)cc21. The Bertz CT molecular complexity index is 5020. The highest BCUT2D eigenvalue weighted by atomic mass is 28.3. The largest absolute Gasteiger partial charge is 0.460 e. The molecule has 0 saturated carbocycles. The van der Waals surface area contributed by atoms with E-state index in [1.54, 1.807) is 0 Å². The molecule has 3 aromatic rings. The van der Waals surface area contributed by atoms with E-state index in [0.717, 1.165) is 0 Å². The van der Waals surface area contributed by atoms with Gasteiger partial charge >= 0.3 is 191 Å². The summed E-state index contributed by atoms with van der Waals surface area (Å²) in [6, 6.07) is -11.4. The molecular formula is C68H53F68NSi4. The average Bonchev–Trinajstić information content (AvgIpc) is 0.678. The molecule has 73 heteroatoms. The van der Waals surface area contributed by atoms with Crippen LogP contribution in [0.1, 0.15) is 48.3 Å². The molecule has 0 spiro atoms. The maximum absolute atomic E-state index is 15.9. The highest BCUT2D eigenvalue weighted by molar-refractivity contribution is 6.95. The smallest absolute Gasteiger partial charge is 0.323 e. The zero-order chi connectivity index (χ0) is 113. The molecule has 141 heavy (non-hydrogen) atoms. The summed E-state index contributed by atoms with van der Waals surface area (Å²) in [5.74, 6) is -248. The summed E-state index contributed by atoms with van der Waals surface area (Å²) in [6.45, 7) is 2.96. The van der Waals surface area contributed by atoms with Gasteiger partial charge in [-0.25, -0.2) is 0 Å². The Hall–Kier alpha value is -6.27. The maximum Gasteiger partial charge on any atom is 0.460 e. The minimum Gasteiger partial charge on any atom is -0.323 e. The molecule has 0 aliphatic heterocycles. The highest BCUT2D eigenvalue weighted by Gasteiger charge is 3.01. The van der Waals surface area contributed by atoms with Crippen molar-refractivity contribution in [2.45, 2.75) is 305 Å². The van der Waals surface area contributed by atoms with Crippen molar-refractivity contribution in [1.29, 1.82) is 0 Å². The fourth-order valence-electron chi connectivity index (χ4n) is 13.7. The van der Waals surface area contributed by atoms with Gasteiger partial charge in [0, 0.05) is 25.2 Å². The van der Waals surface area contributed by atoms with Gasteiger partial charge in [-0.2, -0.15) is 299 Å². The van der Waals surface area contributed by atoms with Crippen LogP contribution in [0.3, 0.4) is 0 Å². The van der Waals surface area contributed by atoms with Crippen molar-refractivity contribution in [3.05, 3.63) is 71.3 Å². The molecule has 1 aliphatic carbocycles. The number of alkyl halides is 68. The van der Waals surface area contributed by atoms with E-state index in [4.69, 9.17) is 5.73 Å². The number of hydrogen-bond acceptors (Lipinski definition) is 1. The van der Waals surface area contributed by atoms with Gasteiger partial charge < -0.3 is 5.73 Å².